The van der Waals surface area contributed by atoms with Gasteiger partial charge in [-0.2, -0.15) is 0 Å². The minimum atomic E-state index is -1.75. The molecule has 16 heteroatoms. The maximum atomic E-state index is 12.8. The van der Waals surface area contributed by atoms with Crippen LogP contribution in [0.5, 0.6) is 0 Å². The van der Waals surface area contributed by atoms with E-state index in [-0.39, 0.29) is 32.6 Å². The van der Waals surface area contributed by atoms with Crippen LogP contribution in [0.2, 0.25) is 0 Å². The van der Waals surface area contributed by atoms with Crippen LogP contribution in [0.1, 0.15) is 26.2 Å². The monoisotopic (exact) mass is 607 g/mol. The molecule has 3 unspecified atom stereocenters. The highest BCUT2D eigenvalue weighted by Gasteiger charge is 2.52. The Kier molecular flexibility index (Phi) is 13.0. The smallest absolute Gasteiger partial charge is 0.215 e. The first-order valence-electron chi connectivity index (χ1n) is 14.3. The Morgan fingerprint density at radius 2 is 1.86 bits per heavy atom. The van der Waals surface area contributed by atoms with Gasteiger partial charge >= 0.3 is 0 Å². The number of hydrogen-bond donors (Lipinski definition) is 11. The number of hydrogen-bond acceptors (Lipinski definition) is 16. The van der Waals surface area contributed by atoms with Crippen LogP contribution in [-0.4, -0.2) is 149 Å². The Bertz CT molecular complexity index is 899. The van der Waals surface area contributed by atoms with Gasteiger partial charge in [-0.25, -0.2) is 0 Å². The van der Waals surface area contributed by atoms with Crippen molar-refractivity contribution in [3.8, 4) is 0 Å². The van der Waals surface area contributed by atoms with Crippen LogP contribution in [0.3, 0.4) is 0 Å². The fourth-order valence-electron chi connectivity index (χ4n) is 5.70. The topological polar surface area (TPSA) is 277 Å². The van der Waals surface area contributed by atoms with E-state index in [0.717, 1.165) is 0 Å². The lowest BCUT2D eigenvalue weighted by Crippen LogP contribution is -2.67. The van der Waals surface area contributed by atoms with Gasteiger partial charge in [0.2, 0.25) is 6.29 Å². The van der Waals surface area contributed by atoms with Crippen molar-refractivity contribution in [2.75, 3.05) is 39.9 Å². The number of ketones is 1. The largest absolute Gasteiger partial charge is 0.467 e. The summed E-state index contributed by atoms with van der Waals surface area (Å²) in [6.45, 7) is 1.60. The Morgan fingerprint density at radius 1 is 1.17 bits per heavy atom. The van der Waals surface area contributed by atoms with Gasteiger partial charge < -0.3 is 77.4 Å². The van der Waals surface area contributed by atoms with Crippen LogP contribution in [0.25, 0.3) is 0 Å². The molecule has 3 rings (SSSR count). The van der Waals surface area contributed by atoms with E-state index in [0.29, 0.717) is 25.3 Å². The average Bonchev–Trinajstić information content (AvgIpc) is 2.94. The zero-order chi connectivity index (χ0) is 31.2. The maximum absolute atomic E-state index is 12.8. The minimum Gasteiger partial charge on any atom is -0.467 e. The van der Waals surface area contributed by atoms with Crippen LogP contribution in [0.4, 0.5) is 0 Å². The van der Waals surface area contributed by atoms with Crippen molar-refractivity contribution in [1.29, 1.82) is 0 Å². The summed E-state index contributed by atoms with van der Waals surface area (Å²) in [7, 11) is 1.56. The Balaban J connectivity index is 1.80. The highest BCUT2D eigenvalue weighted by molar-refractivity contribution is 5.83. The molecule has 16 nitrogen and oxygen atoms in total. The number of likely N-dealkylation sites (N-methyl/N-ethyl adjacent to an activating group) is 1. The van der Waals surface area contributed by atoms with E-state index in [4.69, 9.17) is 41.3 Å². The lowest BCUT2D eigenvalue weighted by molar-refractivity contribution is -0.308. The number of carbonyl (C=O) groups is 1. The highest BCUT2D eigenvalue weighted by atomic mass is 16.7. The summed E-state index contributed by atoms with van der Waals surface area (Å²) >= 11 is 0. The lowest BCUT2D eigenvalue weighted by atomic mass is 9.76. The molecule has 0 spiro atoms. The molecule has 14 N–H and O–H groups in total. The lowest BCUT2D eigenvalue weighted by Gasteiger charge is -2.48. The van der Waals surface area contributed by atoms with Crippen LogP contribution < -0.4 is 27.8 Å². The normalized spacial score (nSPS) is 40.6. The summed E-state index contributed by atoms with van der Waals surface area (Å²) in [5, 5.41) is 68.1. The first kappa shape index (κ1) is 35.1. The van der Waals surface area contributed by atoms with Crippen molar-refractivity contribution in [3.63, 3.8) is 0 Å². The van der Waals surface area contributed by atoms with Crippen LogP contribution in [0, 0.1) is 5.92 Å². The zero-order valence-electron chi connectivity index (χ0n) is 24.1. The second kappa shape index (κ2) is 15.6. The van der Waals surface area contributed by atoms with Crippen LogP contribution in [-0.2, 0) is 23.7 Å². The molecule has 0 aromatic rings. The van der Waals surface area contributed by atoms with E-state index in [2.05, 4.69) is 10.6 Å². The molecule has 0 bridgehead atoms. The number of Topliss-reactive ketones (excluding diaryl/α,β-unsaturated/α-hetero) is 1. The van der Waals surface area contributed by atoms with Gasteiger partial charge in [0.05, 0.1) is 44.1 Å². The van der Waals surface area contributed by atoms with Gasteiger partial charge in [-0.05, 0) is 38.8 Å². The number of ether oxygens (including phenoxy) is 4. The average molecular weight is 608 g/mol. The van der Waals surface area contributed by atoms with Gasteiger partial charge in [-0.1, -0.05) is 0 Å². The fourth-order valence-corrected chi connectivity index (χ4v) is 5.70. The maximum Gasteiger partial charge on any atom is 0.215 e. The molecule has 3 aliphatic rings. The first-order chi connectivity index (χ1) is 19.8. The predicted octanol–water partition coefficient (Wildman–Crippen LogP) is -5.30. The molecule has 1 aliphatic carbocycles. The molecule has 0 amide bonds. The molecule has 0 radical (unpaired) electrons. The van der Waals surface area contributed by atoms with E-state index in [9.17, 15) is 30.3 Å². The molecule has 244 valence electrons. The van der Waals surface area contributed by atoms with Gasteiger partial charge in [0, 0.05) is 25.6 Å². The SMILES string of the molecule is CN[C@@H]1[C@@H](O)[C@@H](O[C@H]2[C@H](CC(=O)C(O)C(O)CN)C[C@H](N)C(O[C@H]3OC(CNCCO)=CC[C@H]3N)[C@@H]2O)OC[C@]1(C)O. The Hall–Kier alpha value is -1.35. The van der Waals surface area contributed by atoms with Crippen molar-refractivity contribution < 1.29 is 54.4 Å². The predicted molar refractivity (Wildman–Crippen MR) is 147 cm³/mol. The molecular formula is C26H49N5O11. The summed E-state index contributed by atoms with van der Waals surface area (Å²) in [6.07, 6.45) is -8.65. The zero-order valence-corrected chi connectivity index (χ0v) is 24.1. The Morgan fingerprint density at radius 3 is 2.50 bits per heavy atom. The number of rotatable bonds is 14. The molecule has 0 aromatic heterocycles. The Labute approximate surface area is 245 Å². The van der Waals surface area contributed by atoms with Crippen molar-refractivity contribution in [2.45, 2.75) is 99.1 Å². The van der Waals surface area contributed by atoms with Crippen LogP contribution >= 0.6 is 0 Å². The van der Waals surface area contributed by atoms with Crippen molar-refractivity contribution in [3.05, 3.63) is 11.8 Å². The number of aliphatic hydroxyl groups is 6. The molecule has 1 saturated heterocycles. The summed E-state index contributed by atoms with van der Waals surface area (Å²) in [5.74, 6) is -0.969. The van der Waals surface area contributed by atoms with Gasteiger partial charge in [-0.15, -0.1) is 0 Å². The molecular weight excluding hydrogens is 558 g/mol. The van der Waals surface area contributed by atoms with E-state index in [1.165, 1.54) is 6.92 Å². The number of nitrogens with one attached hydrogen (secondary N) is 2. The van der Waals surface area contributed by atoms with Gasteiger partial charge in [-0.3, -0.25) is 4.79 Å². The third kappa shape index (κ3) is 8.42. The first-order valence-corrected chi connectivity index (χ1v) is 14.3. The van der Waals surface area contributed by atoms with Crippen molar-refractivity contribution in [1.82, 2.24) is 10.6 Å². The van der Waals surface area contributed by atoms with Crippen molar-refractivity contribution >= 4 is 5.78 Å². The van der Waals surface area contributed by atoms with E-state index >= 15 is 0 Å². The second-order valence-corrected chi connectivity index (χ2v) is 11.5. The van der Waals surface area contributed by atoms with Crippen LogP contribution in [0.15, 0.2) is 11.8 Å². The number of nitrogens with two attached hydrogens (primary N) is 3. The summed E-state index contributed by atoms with van der Waals surface area (Å²) in [6, 6.07) is -2.25. The third-order valence-electron chi connectivity index (χ3n) is 8.08. The molecule has 2 heterocycles. The van der Waals surface area contributed by atoms with E-state index < -0.39 is 84.6 Å². The molecule has 1 saturated carbocycles. The van der Waals surface area contributed by atoms with Gasteiger partial charge in [0.25, 0.3) is 0 Å². The standard InChI is InChI=1S/C26H49N5O11/c1-26(38)11-39-25(20(37)23(26)30-2)41-21-12(8-16(33)18(35)17(34)9-27)7-15(29)22(19(21)36)42-24-14(28)4-3-13(40-24)10-31-5-6-32/h3,12,14-15,17-25,30-32,34-38H,4-11,27-29H2,1-2H3/t12-,14+,15-,17?,18?,19+,20+,21-,22?,23+,24+,25+,26-/m0/s1. The van der Waals surface area contributed by atoms with E-state index in [1.807, 2.05) is 0 Å². The van der Waals surface area contributed by atoms with E-state index in [1.54, 1.807) is 13.1 Å². The molecule has 0 aromatic carbocycles. The molecule has 42 heavy (non-hydrogen) atoms. The second-order valence-electron chi connectivity index (χ2n) is 11.5. The summed E-state index contributed by atoms with van der Waals surface area (Å²) in [5.41, 5.74) is 16.6. The van der Waals surface area contributed by atoms with Crippen molar-refractivity contribution in [2.24, 2.45) is 23.1 Å². The number of carbonyl (C=O) groups excluding carboxylic acids is 1. The number of aliphatic hydroxyl groups excluding tert-OH is 5. The minimum absolute atomic E-state index is 0.0465. The fraction of sp³-hybridized carbons (Fsp3) is 0.885. The van der Waals surface area contributed by atoms with Gasteiger partial charge in [0.15, 0.2) is 12.1 Å². The quantitative estimate of drug-likeness (QED) is 0.0822. The molecule has 2 fully saturated rings. The van der Waals surface area contributed by atoms with Gasteiger partial charge in [0.1, 0.15) is 35.8 Å². The highest BCUT2D eigenvalue weighted by Crippen LogP contribution is 2.36. The molecule has 2 aliphatic heterocycles. The summed E-state index contributed by atoms with van der Waals surface area (Å²) in [4.78, 5) is 12.8. The summed E-state index contributed by atoms with van der Waals surface area (Å²) < 4.78 is 23.7. The molecule has 13 atom stereocenters. The third-order valence-corrected chi connectivity index (χ3v) is 8.08.